The van der Waals surface area contributed by atoms with Gasteiger partial charge in [0.05, 0.1) is 25.5 Å². The van der Waals surface area contributed by atoms with Crippen molar-refractivity contribution in [3.05, 3.63) is 53.9 Å². The molecule has 1 atom stereocenters. The van der Waals surface area contributed by atoms with Crippen LogP contribution in [0.1, 0.15) is 23.1 Å². The maximum absolute atomic E-state index is 12.5. The largest absolute Gasteiger partial charge is 0.497 e. The van der Waals surface area contributed by atoms with Gasteiger partial charge in [0, 0.05) is 11.6 Å². The second-order valence-electron chi connectivity index (χ2n) is 6.33. The Balaban J connectivity index is 1.64. The van der Waals surface area contributed by atoms with E-state index in [2.05, 4.69) is 15.5 Å². The summed E-state index contributed by atoms with van der Waals surface area (Å²) in [6, 6.07) is 11.4. The fourth-order valence-electron chi connectivity index (χ4n) is 2.59. The summed E-state index contributed by atoms with van der Waals surface area (Å²) in [6.45, 7) is 3.20. The Morgan fingerprint density at radius 3 is 2.40 bits per heavy atom. The Hall–Kier alpha value is -3.88. The smallest absolute Gasteiger partial charge is 0.338 e. The van der Waals surface area contributed by atoms with Gasteiger partial charge in [-0.15, -0.1) is 0 Å². The van der Waals surface area contributed by atoms with Crippen molar-refractivity contribution >= 4 is 17.6 Å². The topological polar surface area (TPSA) is 113 Å². The fourth-order valence-corrected chi connectivity index (χ4v) is 2.59. The fraction of sp³-hybridized carbons (Fsp3) is 0.238. The summed E-state index contributed by atoms with van der Waals surface area (Å²) < 4.78 is 20.7. The average Bonchev–Trinajstić information content (AvgIpc) is 3.19. The van der Waals surface area contributed by atoms with E-state index in [0.29, 0.717) is 34.5 Å². The van der Waals surface area contributed by atoms with Crippen LogP contribution in [0.2, 0.25) is 0 Å². The van der Waals surface area contributed by atoms with Gasteiger partial charge in [0.1, 0.15) is 11.5 Å². The molecule has 0 aliphatic carbocycles. The predicted molar refractivity (Wildman–Crippen MR) is 108 cm³/mol. The van der Waals surface area contributed by atoms with Gasteiger partial charge in [-0.1, -0.05) is 5.16 Å². The molecule has 0 fully saturated rings. The van der Waals surface area contributed by atoms with Gasteiger partial charge in [0.2, 0.25) is 0 Å². The SMILES string of the molecule is COc1ccc(OC)c(NC(=O)[C@H](C)OC(=O)c2ccc(-c3nc(C)no3)cc2)c1. The molecule has 0 aliphatic heterocycles. The van der Waals surface area contributed by atoms with E-state index in [1.54, 1.807) is 49.4 Å². The minimum atomic E-state index is -1.04. The number of amides is 1. The lowest BCUT2D eigenvalue weighted by Gasteiger charge is -2.16. The molecular formula is C21H21N3O6. The van der Waals surface area contributed by atoms with Gasteiger partial charge in [-0.2, -0.15) is 4.98 Å². The first-order valence-electron chi connectivity index (χ1n) is 9.06. The number of benzene rings is 2. The zero-order chi connectivity index (χ0) is 21.7. The first kappa shape index (κ1) is 20.8. The number of esters is 1. The monoisotopic (exact) mass is 411 g/mol. The van der Waals surface area contributed by atoms with Crippen LogP contribution in [-0.4, -0.2) is 42.3 Å². The van der Waals surface area contributed by atoms with Crippen molar-refractivity contribution in [3.63, 3.8) is 0 Å². The third-order valence-electron chi connectivity index (χ3n) is 4.21. The van der Waals surface area contributed by atoms with Gasteiger partial charge in [-0.3, -0.25) is 4.79 Å². The quantitative estimate of drug-likeness (QED) is 0.590. The van der Waals surface area contributed by atoms with E-state index in [-0.39, 0.29) is 5.56 Å². The molecule has 1 amide bonds. The molecule has 1 aromatic heterocycles. The molecule has 0 spiro atoms. The Bertz CT molecular complexity index is 1050. The van der Waals surface area contributed by atoms with Gasteiger partial charge < -0.3 is 24.1 Å². The Morgan fingerprint density at radius 2 is 1.80 bits per heavy atom. The molecule has 2 aromatic carbocycles. The van der Waals surface area contributed by atoms with Crippen molar-refractivity contribution in [3.8, 4) is 23.0 Å². The van der Waals surface area contributed by atoms with Gasteiger partial charge in [-0.25, -0.2) is 4.79 Å². The first-order chi connectivity index (χ1) is 14.4. The van der Waals surface area contributed by atoms with Crippen LogP contribution in [-0.2, 0) is 9.53 Å². The van der Waals surface area contributed by atoms with Crippen LogP contribution in [0.3, 0.4) is 0 Å². The molecule has 1 N–H and O–H groups in total. The summed E-state index contributed by atoms with van der Waals surface area (Å²) >= 11 is 0. The number of aryl methyl sites for hydroxylation is 1. The Morgan fingerprint density at radius 1 is 1.07 bits per heavy atom. The number of anilines is 1. The summed E-state index contributed by atoms with van der Waals surface area (Å²) in [5.74, 6) is 0.728. The molecule has 156 valence electrons. The van der Waals surface area contributed by atoms with Crippen LogP contribution in [0.5, 0.6) is 11.5 Å². The maximum Gasteiger partial charge on any atom is 0.338 e. The second kappa shape index (κ2) is 9.08. The normalized spacial score (nSPS) is 11.5. The van der Waals surface area contributed by atoms with Crippen molar-refractivity contribution in [2.24, 2.45) is 0 Å². The minimum Gasteiger partial charge on any atom is -0.497 e. The molecule has 0 bridgehead atoms. The lowest BCUT2D eigenvalue weighted by molar-refractivity contribution is -0.123. The van der Waals surface area contributed by atoms with Crippen molar-refractivity contribution in [2.45, 2.75) is 20.0 Å². The molecule has 0 radical (unpaired) electrons. The standard InChI is InChI=1S/C21H21N3O6/c1-12(19(25)23-17-11-16(27-3)9-10-18(17)28-4)29-21(26)15-7-5-14(6-8-15)20-22-13(2)24-30-20/h5-12H,1-4H3,(H,23,25)/t12-/m0/s1. The molecule has 9 nitrogen and oxygen atoms in total. The highest BCUT2D eigenvalue weighted by Gasteiger charge is 2.21. The van der Waals surface area contributed by atoms with E-state index >= 15 is 0 Å². The third kappa shape index (κ3) is 4.75. The molecule has 1 heterocycles. The molecule has 3 rings (SSSR count). The lowest BCUT2D eigenvalue weighted by Crippen LogP contribution is -2.30. The number of nitrogens with one attached hydrogen (secondary N) is 1. The summed E-state index contributed by atoms with van der Waals surface area (Å²) in [5, 5.41) is 6.40. The van der Waals surface area contributed by atoms with Crippen molar-refractivity contribution in [1.29, 1.82) is 0 Å². The summed E-state index contributed by atoms with van der Waals surface area (Å²) in [5.41, 5.74) is 1.36. The average molecular weight is 411 g/mol. The summed E-state index contributed by atoms with van der Waals surface area (Å²) in [6.07, 6.45) is -1.04. The first-order valence-corrected chi connectivity index (χ1v) is 9.06. The molecule has 0 saturated heterocycles. The number of carbonyl (C=O) groups excluding carboxylic acids is 2. The van der Waals surface area contributed by atoms with Crippen LogP contribution in [0.4, 0.5) is 5.69 Å². The Kier molecular flexibility index (Phi) is 6.31. The lowest BCUT2D eigenvalue weighted by atomic mass is 10.1. The van der Waals surface area contributed by atoms with Gasteiger partial charge in [0.25, 0.3) is 11.8 Å². The minimum absolute atomic E-state index is 0.286. The number of carbonyl (C=O) groups is 2. The van der Waals surface area contributed by atoms with E-state index in [4.69, 9.17) is 18.7 Å². The molecule has 3 aromatic rings. The summed E-state index contributed by atoms with van der Waals surface area (Å²) in [4.78, 5) is 29.0. The zero-order valence-corrected chi connectivity index (χ0v) is 17.0. The molecule has 0 saturated carbocycles. The number of hydrogen-bond acceptors (Lipinski definition) is 8. The number of rotatable bonds is 7. The summed E-state index contributed by atoms with van der Waals surface area (Å²) in [7, 11) is 3.00. The Labute approximate surface area is 172 Å². The number of hydrogen-bond donors (Lipinski definition) is 1. The van der Waals surface area contributed by atoms with Crippen LogP contribution in [0, 0.1) is 6.92 Å². The number of aromatic nitrogens is 2. The van der Waals surface area contributed by atoms with Crippen molar-refractivity contribution in [1.82, 2.24) is 10.1 Å². The number of ether oxygens (including phenoxy) is 3. The molecule has 0 unspecified atom stereocenters. The van der Waals surface area contributed by atoms with E-state index in [1.165, 1.54) is 21.1 Å². The van der Waals surface area contributed by atoms with E-state index in [0.717, 1.165) is 0 Å². The number of methoxy groups -OCH3 is 2. The van der Waals surface area contributed by atoms with Crippen LogP contribution in [0.25, 0.3) is 11.5 Å². The van der Waals surface area contributed by atoms with Crippen LogP contribution in [0.15, 0.2) is 47.0 Å². The van der Waals surface area contributed by atoms with E-state index in [9.17, 15) is 9.59 Å². The van der Waals surface area contributed by atoms with Crippen LogP contribution < -0.4 is 14.8 Å². The zero-order valence-electron chi connectivity index (χ0n) is 17.0. The maximum atomic E-state index is 12.5. The molecular weight excluding hydrogens is 390 g/mol. The van der Waals surface area contributed by atoms with Crippen molar-refractivity contribution in [2.75, 3.05) is 19.5 Å². The third-order valence-corrected chi connectivity index (χ3v) is 4.21. The van der Waals surface area contributed by atoms with E-state index in [1.807, 2.05) is 0 Å². The second-order valence-corrected chi connectivity index (χ2v) is 6.33. The highest BCUT2D eigenvalue weighted by atomic mass is 16.5. The van der Waals surface area contributed by atoms with E-state index < -0.39 is 18.0 Å². The van der Waals surface area contributed by atoms with Crippen molar-refractivity contribution < 1.29 is 28.3 Å². The van der Waals surface area contributed by atoms with Gasteiger partial charge in [-0.05, 0) is 50.2 Å². The number of nitrogens with zero attached hydrogens (tertiary/aromatic N) is 2. The van der Waals surface area contributed by atoms with Crippen LogP contribution >= 0.6 is 0 Å². The predicted octanol–water partition coefficient (Wildman–Crippen LogP) is 3.25. The highest BCUT2D eigenvalue weighted by Crippen LogP contribution is 2.29. The van der Waals surface area contributed by atoms with Gasteiger partial charge >= 0.3 is 5.97 Å². The molecule has 9 heteroatoms. The highest BCUT2D eigenvalue weighted by molar-refractivity contribution is 5.98. The molecule has 30 heavy (non-hydrogen) atoms. The van der Waals surface area contributed by atoms with Gasteiger partial charge in [0.15, 0.2) is 11.9 Å². The molecule has 0 aliphatic rings.